The summed E-state index contributed by atoms with van der Waals surface area (Å²) in [7, 11) is 0. The van der Waals surface area contributed by atoms with Gasteiger partial charge in [-0.1, -0.05) is 0 Å². The first kappa shape index (κ1) is 14.5. The van der Waals surface area contributed by atoms with E-state index >= 15 is 0 Å². The van der Waals surface area contributed by atoms with Crippen LogP contribution in [0.25, 0.3) is 11.3 Å². The number of carbonyl (C=O) groups is 1. The molecule has 1 aromatic carbocycles. The quantitative estimate of drug-likeness (QED) is 0.915. The van der Waals surface area contributed by atoms with E-state index in [1.165, 1.54) is 25.0 Å². The van der Waals surface area contributed by atoms with Crippen molar-refractivity contribution in [2.24, 2.45) is 5.92 Å². The minimum Gasteiger partial charge on any atom is -0.351 e. The van der Waals surface area contributed by atoms with Crippen LogP contribution in [0, 0.1) is 11.7 Å². The molecule has 2 aromatic rings. The van der Waals surface area contributed by atoms with Gasteiger partial charge in [-0.15, -0.1) is 0 Å². The van der Waals surface area contributed by atoms with Crippen molar-refractivity contribution in [3.8, 4) is 11.3 Å². The first-order valence-corrected chi connectivity index (χ1v) is 8.17. The summed E-state index contributed by atoms with van der Waals surface area (Å²) in [6.07, 6.45) is 2.35. The molecule has 4 nitrogen and oxygen atoms in total. The molecule has 0 aliphatic carbocycles. The van der Waals surface area contributed by atoms with E-state index in [9.17, 15) is 9.18 Å². The number of benzene rings is 1. The molecule has 0 unspecified atom stereocenters. The lowest BCUT2D eigenvalue weighted by Crippen LogP contribution is -2.57. The highest BCUT2D eigenvalue weighted by Crippen LogP contribution is 2.27. The number of amides is 1. The minimum absolute atomic E-state index is 0.0582. The SMILES string of the molecule is O=C(N[C@H]1CN2CCC1CC2)c1ccc(-c2ccc(F)cc2)[nH]1. The van der Waals surface area contributed by atoms with E-state index in [2.05, 4.69) is 15.2 Å². The standard InChI is InChI=1S/C18H20FN3O/c19-14-3-1-12(2-4-14)15-5-6-16(20-15)18(23)21-17-11-22-9-7-13(17)8-10-22/h1-6,13,17,20H,7-11H2,(H,21,23)/t17-/m0/s1. The predicted octanol–water partition coefficient (Wildman–Crippen LogP) is 2.64. The van der Waals surface area contributed by atoms with Crippen LogP contribution >= 0.6 is 0 Å². The number of H-pyrrole nitrogens is 1. The number of aromatic amines is 1. The third-order valence-electron chi connectivity index (χ3n) is 5.06. The second-order valence-electron chi connectivity index (χ2n) is 6.51. The summed E-state index contributed by atoms with van der Waals surface area (Å²) >= 11 is 0. The summed E-state index contributed by atoms with van der Waals surface area (Å²) in [5.74, 6) is 0.285. The van der Waals surface area contributed by atoms with Crippen molar-refractivity contribution in [2.75, 3.05) is 19.6 Å². The normalized spacial score (nSPS) is 26.2. The van der Waals surface area contributed by atoms with E-state index in [0.29, 0.717) is 11.6 Å². The van der Waals surface area contributed by atoms with Gasteiger partial charge in [0.2, 0.25) is 0 Å². The maximum Gasteiger partial charge on any atom is 0.267 e. The largest absolute Gasteiger partial charge is 0.351 e. The lowest BCUT2D eigenvalue weighted by Gasteiger charge is -2.44. The Balaban J connectivity index is 1.46. The fourth-order valence-corrected chi connectivity index (χ4v) is 3.70. The van der Waals surface area contributed by atoms with Crippen molar-refractivity contribution >= 4 is 5.91 Å². The molecule has 5 heteroatoms. The Labute approximate surface area is 134 Å². The molecule has 0 saturated carbocycles. The Morgan fingerprint density at radius 2 is 1.87 bits per heavy atom. The van der Waals surface area contributed by atoms with Gasteiger partial charge in [0.1, 0.15) is 11.5 Å². The van der Waals surface area contributed by atoms with Crippen LogP contribution in [0.15, 0.2) is 36.4 Å². The highest BCUT2D eigenvalue weighted by Gasteiger charge is 2.35. The van der Waals surface area contributed by atoms with E-state index in [1.54, 1.807) is 18.2 Å². The third-order valence-corrected chi connectivity index (χ3v) is 5.06. The first-order valence-electron chi connectivity index (χ1n) is 8.17. The Hall–Kier alpha value is -2.14. The number of halogens is 1. The Kier molecular flexibility index (Phi) is 3.65. The summed E-state index contributed by atoms with van der Waals surface area (Å²) in [4.78, 5) is 18.0. The topological polar surface area (TPSA) is 48.1 Å². The van der Waals surface area contributed by atoms with Gasteiger partial charge in [0.25, 0.3) is 5.91 Å². The van der Waals surface area contributed by atoms with E-state index in [4.69, 9.17) is 0 Å². The molecule has 1 atom stereocenters. The number of fused-ring (bicyclic) bond motifs is 3. The summed E-state index contributed by atoms with van der Waals surface area (Å²) in [5.41, 5.74) is 2.25. The molecular formula is C18H20FN3O. The van der Waals surface area contributed by atoms with Crippen LogP contribution in [0.3, 0.4) is 0 Å². The Morgan fingerprint density at radius 1 is 1.13 bits per heavy atom. The lowest BCUT2D eigenvalue weighted by molar-refractivity contribution is 0.0618. The molecule has 4 heterocycles. The van der Waals surface area contributed by atoms with Crippen LogP contribution in [0.4, 0.5) is 4.39 Å². The molecule has 1 aromatic heterocycles. The van der Waals surface area contributed by atoms with Gasteiger partial charge in [0.05, 0.1) is 0 Å². The zero-order chi connectivity index (χ0) is 15.8. The molecule has 5 rings (SSSR count). The van der Waals surface area contributed by atoms with Gasteiger partial charge in [-0.25, -0.2) is 4.39 Å². The number of hydrogen-bond acceptors (Lipinski definition) is 2. The van der Waals surface area contributed by atoms with Gasteiger partial charge < -0.3 is 15.2 Å². The molecule has 3 aliphatic rings. The smallest absolute Gasteiger partial charge is 0.267 e. The summed E-state index contributed by atoms with van der Waals surface area (Å²) in [6.45, 7) is 3.28. The average molecular weight is 313 g/mol. The van der Waals surface area contributed by atoms with Gasteiger partial charge in [0.15, 0.2) is 0 Å². The van der Waals surface area contributed by atoms with E-state index in [1.807, 2.05) is 6.07 Å². The number of nitrogens with one attached hydrogen (secondary N) is 2. The zero-order valence-electron chi connectivity index (χ0n) is 12.9. The number of carbonyl (C=O) groups excluding carboxylic acids is 1. The van der Waals surface area contributed by atoms with Crippen LogP contribution in [0.2, 0.25) is 0 Å². The third kappa shape index (κ3) is 2.88. The summed E-state index contributed by atoms with van der Waals surface area (Å²) < 4.78 is 13.0. The second kappa shape index (κ2) is 5.81. The van der Waals surface area contributed by atoms with Gasteiger partial charge in [-0.2, -0.15) is 0 Å². The summed E-state index contributed by atoms with van der Waals surface area (Å²) in [6, 6.07) is 10.1. The highest BCUT2D eigenvalue weighted by atomic mass is 19.1. The van der Waals surface area contributed by atoms with E-state index in [-0.39, 0.29) is 17.8 Å². The fourth-order valence-electron chi connectivity index (χ4n) is 3.70. The molecule has 23 heavy (non-hydrogen) atoms. The molecule has 3 aliphatic heterocycles. The van der Waals surface area contributed by atoms with Gasteiger partial charge in [0, 0.05) is 18.3 Å². The molecule has 1 amide bonds. The van der Waals surface area contributed by atoms with Crippen LogP contribution in [0.1, 0.15) is 23.3 Å². The van der Waals surface area contributed by atoms with Crippen LogP contribution in [0.5, 0.6) is 0 Å². The van der Waals surface area contributed by atoms with Crippen molar-refractivity contribution in [1.29, 1.82) is 0 Å². The van der Waals surface area contributed by atoms with E-state index in [0.717, 1.165) is 30.9 Å². The van der Waals surface area contributed by atoms with Gasteiger partial charge in [-0.05, 0) is 73.8 Å². The number of rotatable bonds is 3. The molecule has 3 fully saturated rings. The van der Waals surface area contributed by atoms with Crippen molar-refractivity contribution < 1.29 is 9.18 Å². The first-order chi connectivity index (χ1) is 11.2. The summed E-state index contributed by atoms with van der Waals surface area (Å²) in [5, 5.41) is 3.17. The van der Waals surface area contributed by atoms with Crippen molar-refractivity contribution in [1.82, 2.24) is 15.2 Å². The number of piperidine rings is 3. The number of aromatic nitrogens is 1. The van der Waals surface area contributed by atoms with Crippen LogP contribution < -0.4 is 5.32 Å². The number of nitrogens with zero attached hydrogens (tertiary/aromatic N) is 1. The predicted molar refractivity (Wildman–Crippen MR) is 86.6 cm³/mol. The monoisotopic (exact) mass is 313 g/mol. The Morgan fingerprint density at radius 3 is 2.52 bits per heavy atom. The fraction of sp³-hybridized carbons (Fsp3) is 0.389. The molecule has 120 valence electrons. The molecule has 2 N–H and O–H groups in total. The maximum atomic E-state index is 13.0. The van der Waals surface area contributed by atoms with E-state index < -0.39 is 0 Å². The van der Waals surface area contributed by atoms with Gasteiger partial charge >= 0.3 is 0 Å². The molecule has 3 saturated heterocycles. The van der Waals surface area contributed by atoms with Crippen molar-refractivity contribution in [3.63, 3.8) is 0 Å². The molecular weight excluding hydrogens is 293 g/mol. The van der Waals surface area contributed by atoms with Gasteiger partial charge in [-0.3, -0.25) is 4.79 Å². The lowest BCUT2D eigenvalue weighted by atomic mass is 9.84. The maximum absolute atomic E-state index is 13.0. The van der Waals surface area contributed by atoms with Crippen molar-refractivity contribution in [2.45, 2.75) is 18.9 Å². The second-order valence-corrected chi connectivity index (χ2v) is 6.51. The molecule has 0 spiro atoms. The zero-order valence-corrected chi connectivity index (χ0v) is 12.9. The van der Waals surface area contributed by atoms with Crippen molar-refractivity contribution in [3.05, 3.63) is 47.9 Å². The molecule has 2 bridgehead atoms. The number of hydrogen-bond donors (Lipinski definition) is 2. The van der Waals surface area contributed by atoms with Crippen LogP contribution in [-0.4, -0.2) is 41.5 Å². The highest BCUT2D eigenvalue weighted by molar-refractivity contribution is 5.93. The molecule has 0 radical (unpaired) electrons. The van der Waals surface area contributed by atoms with Crippen LogP contribution in [-0.2, 0) is 0 Å². The minimum atomic E-state index is -0.263. The Bertz CT molecular complexity index is 701. The average Bonchev–Trinajstić information content (AvgIpc) is 3.07.